The van der Waals surface area contributed by atoms with E-state index in [-0.39, 0.29) is 18.1 Å². The van der Waals surface area contributed by atoms with E-state index in [2.05, 4.69) is 31.1 Å². The van der Waals surface area contributed by atoms with Crippen molar-refractivity contribution in [3.8, 4) is 5.75 Å². The van der Waals surface area contributed by atoms with Crippen LogP contribution in [0.15, 0.2) is 49.1 Å². The van der Waals surface area contributed by atoms with Crippen molar-refractivity contribution in [1.29, 1.82) is 0 Å². The van der Waals surface area contributed by atoms with E-state index in [9.17, 15) is 4.79 Å². The van der Waals surface area contributed by atoms with Gasteiger partial charge in [-0.3, -0.25) is 20.6 Å². The van der Waals surface area contributed by atoms with Gasteiger partial charge in [0.2, 0.25) is 0 Å². The van der Waals surface area contributed by atoms with Gasteiger partial charge in [0.05, 0.1) is 5.02 Å². The molecule has 0 aliphatic rings. The van der Waals surface area contributed by atoms with Crippen LogP contribution in [0.1, 0.15) is 5.56 Å². The second-order valence-corrected chi connectivity index (χ2v) is 6.58. The fourth-order valence-corrected chi connectivity index (χ4v) is 2.69. The molecule has 0 aliphatic carbocycles. The number of hydrogen-bond donors (Lipinski definition) is 4. The molecular formula is C18H17Cl2N7O2. The number of hydrazine groups is 1. The molecule has 29 heavy (non-hydrogen) atoms. The molecular weight excluding hydrogens is 417 g/mol. The van der Waals surface area contributed by atoms with Crippen LogP contribution in [0.3, 0.4) is 0 Å². The van der Waals surface area contributed by atoms with Gasteiger partial charge in [0.25, 0.3) is 5.91 Å². The minimum Gasteiger partial charge on any atom is -0.482 e. The van der Waals surface area contributed by atoms with Gasteiger partial charge in [0.1, 0.15) is 17.8 Å². The zero-order valence-corrected chi connectivity index (χ0v) is 16.5. The van der Waals surface area contributed by atoms with Gasteiger partial charge in [-0.25, -0.2) is 9.97 Å². The van der Waals surface area contributed by atoms with Crippen LogP contribution in [0, 0.1) is 0 Å². The molecule has 150 valence electrons. The van der Waals surface area contributed by atoms with Gasteiger partial charge in [-0.1, -0.05) is 29.3 Å². The van der Waals surface area contributed by atoms with Crippen LogP contribution in [0.5, 0.6) is 5.75 Å². The molecule has 9 nitrogen and oxygen atoms in total. The average molecular weight is 434 g/mol. The monoisotopic (exact) mass is 433 g/mol. The van der Waals surface area contributed by atoms with E-state index in [1.165, 1.54) is 12.4 Å². The molecule has 1 aromatic carbocycles. The minimum absolute atomic E-state index is 0.242. The lowest BCUT2D eigenvalue weighted by molar-refractivity contribution is -0.122. The number of rotatable bonds is 8. The number of pyridine rings is 1. The van der Waals surface area contributed by atoms with Crippen molar-refractivity contribution < 1.29 is 9.53 Å². The number of nitrogens with zero attached hydrogens (tertiary/aromatic N) is 3. The first kappa shape index (κ1) is 20.4. The highest BCUT2D eigenvalue weighted by Gasteiger charge is 2.10. The summed E-state index contributed by atoms with van der Waals surface area (Å²) in [5, 5.41) is 3.88. The van der Waals surface area contributed by atoms with Crippen LogP contribution in [-0.4, -0.2) is 27.5 Å². The summed E-state index contributed by atoms with van der Waals surface area (Å²) >= 11 is 11.8. The Balaban J connectivity index is 1.52. The number of ether oxygens (including phenoxy) is 1. The van der Waals surface area contributed by atoms with Crippen LogP contribution in [0.4, 0.5) is 17.3 Å². The van der Waals surface area contributed by atoms with Gasteiger partial charge in [-0.2, -0.15) is 0 Å². The van der Waals surface area contributed by atoms with E-state index in [4.69, 9.17) is 33.7 Å². The third-order valence-electron chi connectivity index (χ3n) is 3.64. The zero-order chi connectivity index (χ0) is 20.6. The SMILES string of the molecule is Nc1c(NCc2cccnc2)ncnc1NNC(=O)COc1ccc(Cl)cc1Cl. The van der Waals surface area contributed by atoms with E-state index >= 15 is 0 Å². The largest absolute Gasteiger partial charge is 0.482 e. The number of nitrogen functional groups attached to an aromatic ring is 1. The normalized spacial score (nSPS) is 10.3. The summed E-state index contributed by atoms with van der Waals surface area (Å²) in [6.45, 7) is 0.210. The van der Waals surface area contributed by atoms with Gasteiger partial charge >= 0.3 is 0 Å². The summed E-state index contributed by atoms with van der Waals surface area (Å²) in [5.74, 6) is 0.546. The molecule has 0 aliphatic heterocycles. The predicted octanol–water partition coefficient (Wildman–Crippen LogP) is 2.89. The van der Waals surface area contributed by atoms with Crippen molar-refractivity contribution in [1.82, 2.24) is 20.4 Å². The molecule has 0 unspecified atom stereocenters. The molecule has 0 fully saturated rings. The van der Waals surface area contributed by atoms with Crippen LogP contribution in [0.2, 0.25) is 10.0 Å². The fraction of sp³-hybridized carbons (Fsp3) is 0.111. The summed E-state index contributed by atoms with van der Waals surface area (Å²) in [5.41, 5.74) is 12.4. The quantitative estimate of drug-likeness (QED) is 0.399. The lowest BCUT2D eigenvalue weighted by Crippen LogP contribution is -2.34. The van der Waals surface area contributed by atoms with E-state index in [1.807, 2.05) is 12.1 Å². The Hall–Kier alpha value is -3.30. The maximum atomic E-state index is 12.0. The number of carbonyl (C=O) groups excluding carboxylic acids is 1. The number of aromatic nitrogens is 3. The number of anilines is 3. The molecule has 3 aromatic rings. The highest BCUT2D eigenvalue weighted by atomic mass is 35.5. The molecule has 0 saturated heterocycles. The first-order valence-electron chi connectivity index (χ1n) is 8.39. The van der Waals surface area contributed by atoms with Crippen molar-refractivity contribution >= 4 is 46.4 Å². The second kappa shape index (κ2) is 9.76. The van der Waals surface area contributed by atoms with Crippen molar-refractivity contribution in [3.05, 3.63) is 64.7 Å². The van der Waals surface area contributed by atoms with Gasteiger partial charge in [0, 0.05) is 24.0 Å². The van der Waals surface area contributed by atoms with Crippen LogP contribution < -0.4 is 26.6 Å². The zero-order valence-electron chi connectivity index (χ0n) is 15.0. The van der Waals surface area contributed by atoms with Gasteiger partial charge in [0.15, 0.2) is 18.2 Å². The second-order valence-electron chi connectivity index (χ2n) is 5.74. The maximum Gasteiger partial charge on any atom is 0.276 e. The standard InChI is InChI=1S/C18H17Cl2N7O2/c19-12-3-4-14(13(20)6-12)29-9-15(28)26-27-18-16(21)17(24-10-25-18)23-8-11-2-1-5-22-7-11/h1-7,10H,8-9,21H2,(H,26,28)(H2,23,24,25,27). The Bertz CT molecular complexity index is 989. The van der Waals surface area contributed by atoms with Crippen LogP contribution in [-0.2, 0) is 11.3 Å². The lowest BCUT2D eigenvalue weighted by Gasteiger charge is -2.13. The number of nitrogens with two attached hydrogens (primary N) is 1. The summed E-state index contributed by atoms with van der Waals surface area (Å²) in [6.07, 6.45) is 4.75. The smallest absolute Gasteiger partial charge is 0.276 e. The molecule has 2 aromatic heterocycles. The molecule has 3 rings (SSSR count). The highest BCUT2D eigenvalue weighted by molar-refractivity contribution is 6.35. The van der Waals surface area contributed by atoms with E-state index < -0.39 is 5.91 Å². The van der Waals surface area contributed by atoms with Crippen molar-refractivity contribution in [2.45, 2.75) is 6.54 Å². The molecule has 5 N–H and O–H groups in total. The number of hydrogen-bond acceptors (Lipinski definition) is 8. The Kier molecular flexibility index (Phi) is 6.88. The Labute approximate surface area is 176 Å². The number of nitrogens with one attached hydrogen (secondary N) is 3. The van der Waals surface area contributed by atoms with E-state index in [0.29, 0.717) is 28.2 Å². The lowest BCUT2D eigenvalue weighted by atomic mass is 10.3. The van der Waals surface area contributed by atoms with E-state index in [0.717, 1.165) is 5.56 Å². The summed E-state index contributed by atoms with van der Waals surface area (Å²) in [6, 6.07) is 8.47. The van der Waals surface area contributed by atoms with Gasteiger partial charge in [-0.05, 0) is 29.8 Å². The fourth-order valence-electron chi connectivity index (χ4n) is 2.23. The maximum absolute atomic E-state index is 12.0. The summed E-state index contributed by atoms with van der Waals surface area (Å²) < 4.78 is 5.36. The molecule has 2 heterocycles. The summed E-state index contributed by atoms with van der Waals surface area (Å²) in [4.78, 5) is 24.2. The van der Waals surface area contributed by atoms with Crippen molar-refractivity contribution in [2.24, 2.45) is 0 Å². The average Bonchev–Trinajstić information content (AvgIpc) is 2.72. The minimum atomic E-state index is -0.459. The van der Waals surface area contributed by atoms with Gasteiger partial charge in [-0.15, -0.1) is 0 Å². The highest BCUT2D eigenvalue weighted by Crippen LogP contribution is 2.27. The molecule has 0 saturated carbocycles. The summed E-state index contributed by atoms with van der Waals surface area (Å²) in [7, 11) is 0. The molecule has 0 atom stereocenters. The first-order chi connectivity index (χ1) is 14.0. The third kappa shape index (κ3) is 5.84. The molecule has 0 radical (unpaired) electrons. The first-order valence-corrected chi connectivity index (χ1v) is 9.14. The van der Waals surface area contributed by atoms with Crippen LogP contribution >= 0.6 is 23.2 Å². The number of halogens is 2. The number of carbonyl (C=O) groups is 1. The molecule has 0 bridgehead atoms. The van der Waals surface area contributed by atoms with Crippen LogP contribution in [0.25, 0.3) is 0 Å². The third-order valence-corrected chi connectivity index (χ3v) is 4.17. The Morgan fingerprint density at radius 1 is 1.17 bits per heavy atom. The molecule has 0 spiro atoms. The number of amides is 1. The van der Waals surface area contributed by atoms with E-state index in [1.54, 1.807) is 24.5 Å². The van der Waals surface area contributed by atoms with Crippen molar-refractivity contribution in [2.75, 3.05) is 23.1 Å². The van der Waals surface area contributed by atoms with Gasteiger partial charge < -0.3 is 15.8 Å². The number of benzene rings is 1. The molecule has 11 heteroatoms. The Morgan fingerprint density at radius 2 is 2.00 bits per heavy atom. The topological polar surface area (TPSA) is 127 Å². The molecule has 1 amide bonds. The van der Waals surface area contributed by atoms with Crippen molar-refractivity contribution in [3.63, 3.8) is 0 Å². The predicted molar refractivity (Wildman–Crippen MR) is 112 cm³/mol. The Morgan fingerprint density at radius 3 is 2.76 bits per heavy atom.